The monoisotopic (exact) mass is 383 g/mol. The minimum absolute atomic E-state index is 0.242. The van der Waals surface area contributed by atoms with Crippen molar-refractivity contribution in [2.24, 2.45) is 0 Å². The number of alkyl halides is 3. The molecule has 1 fully saturated rings. The Hall–Kier alpha value is -1.86. The van der Waals surface area contributed by atoms with Crippen molar-refractivity contribution in [2.45, 2.75) is 42.8 Å². The zero-order chi connectivity index (χ0) is 18.8. The van der Waals surface area contributed by atoms with Gasteiger partial charge in [0.25, 0.3) is 0 Å². The third-order valence-corrected chi connectivity index (χ3v) is 6.68. The lowest BCUT2D eigenvalue weighted by atomic mass is 9.98. The molecule has 140 valence electrons. The van der Waals surface area contributed by atoms with Gasteiger partial charge in [0.2, 0.25) is 10.0 Å². The van der Waals surface area contributed by atoms with E-state index in [0.29, 0.717) is 19.3 Å². The zero-order valence-electron chi connectivity index (χ0n) is 14.1. The summed E-state index contributed by atoms with van der Waals surface area (Å²) in [6.07, 6.45) is -2.06. The molecule has 0 bridgehead atoms. The summed E-state index contributed by atoms with van der Waals surface area (Å²) in [7, 11) is -4.23. The van der Waals surface area contributed by atoms with Gasteiger partial charge in [-0.15, -0.1) is 0 Å². The molecular formula is C19H20F3NO2S. The van der Waals surface area contributed by atoms with Gasteiger partial charge in [-0.3, -0.25) is 0 Å². The van der Waals surface area contributed by atoms with Crippen LogP contribution in [-0.4, -0.2) is 25.3 Å². The molecule has 0 aromatic heterocycles. The Balaban J connectivity index is 1.97. The van der Waals surface area contributed by atoms with Crippen molar-refractivity contribution in [1.29, 1.82) is 0 Å². The Morgan fingerprint density at radius 1 is 0.962 bits per heavy atom. The predicted molar refractivity (Wildman–Crippen MR) is 93.1 cm³/mol. The van der Waals surface area contributed by atoms with E-state index in [4.69, 9.17) is 0 Å². The van der Waals surface area contributed by atoms with Gasteiger partial charge in [0, 0.05) is 12.6 Å². The zero-order valence-corrected chi connectivity index (χ0v) is 14.9. The van der Waals surface area contributed by atoms with Gasteiger partial charge in [-0.2, -0.15) is 17.5 Å². The molecule has 0 saturated carbocycles. The second kappa shape index (κ2) is 7.40. The third-order valence-electron chi connectivity index (χ3n) is 4.67. The topological polar surface area (TPSA) is 37.4 Å². The van der Waals surface area contributed by atoms with E-state index in [9.17, 15) is 21.6 Å². The summed E-state index contributed by atoms with van der Waals surface area (Å²) in [6, 6.07) is 13.5. The van der Waals surface area contributed by atoms with Gasteiger partial charge < -0.3 is 0 Å². The second-order valence-electron chi connectivity index (χ2n) is 6.45. The number of nitrogens with zero attached hydrogens (tertiary/aromatic N) is 1. The SMILES string of the molecule is O=S(=O)(c1ccccc1C(F)(F)F)N1CCCC[C@@H]1Cc1ccccc1. The highest BCUT2D eigenvalue weighted by molar-refractivity contribution is 7.89. The van der Waals surface area contributed by atoms with Crippen LogP contribution in [0.15, 0.2) is 59.5 Å². The molecule has 26 heavy (non-hydrogen) atoms. The standard InChI is InChI=1S/C19H20F3NO2S/c20-19(21,22)17-11-4-5-12-18(17)26(24,25)23-13-7-6-10-16(23)14-15-8-2-1-3-9-15/h1-5,8-9,11-12,16H,6-7,10,13-14H2/t16-/m1/s1. The van der Waals surface area contributed by atoms with Crippen molar-refractivity contribution < 1.29 is 21.6 Å². The van der Waals surface area contributed by atoms with Crippen molar-refractivity contribution in [3.8, 4) is 0 Å². The van der Waals surface area contributed by atoms with Crippen LogP contribution in [0.3, 0.4) is 0 Å². The molecule has 3 rings (SSSR count). The molecular weight excluding hydrogens is 363 g/mol. The van der Waals surface area contributed by atoms with Crippen LogP contribution in [0.4, 0.5) is 13.2 Å². The maximum absolute atomic E-state index is 13.3. The minimum atomic E-state index is -4.71. The van der Waals surface area contributed by atoms with Crippen LogP contribution in [-0.2, 0) is 22.6 Å². The van der Waals surface area contributed by atoms with Gasteiger partial charge in [-0.25, -0.2) is 8.42 Å². The van der Waals surface area contributed by atoms with Crippen molar-refractivity contribution in [1.82, 2.24) is 4.31 Å². The van der Waals surface area contributed by atoms with Gasteiger partial charge in [0.05, 0.1) is 10.5 Å². The van der Waals surface area contributed by atoms with E-state index >= 15 is 0 Å². The van der Waals surface area contributed by atoms with Crippen LogP contribution in [0.2, 0.25) is 0 Å². The Labute approximate surface area is 151 Å². The van der Waals surface area contributed by atoms with E-state index in [1.165, 1.54) is 16.4 Å². The van der Waals surface area contributed by atoms with Gasteiger partial charge >= 0.3 is 6.18 Å². The fraction of sp³-hybridized carbons (Fsp3) is 0.368. The van der Waals surface area contributed by atoms with Crippen molar-refractivity contribution >= 4 is 10.0 Å². The largest absolute Gasteiger partial charge is 0.417 e. The van der Waals surface area contributed by atoms with E-state index in [2.05, 4.69) is 0 Å². The summed E-state index contributed by atoms with van der Waals surface area (Å²) in [5, 5.41) is 0. The van der Waals surface area contributed by atoms with Crippen LogP contribution in [0.1, 0.15) is 30.4 Å². The molecule has 0 unspecified atom stereocenters. The lowest BCUT2D eigenvalue weighted by molar-refractivity contribution is -0.139. The summed E-state index contributed by atoms with van der Waals surface area (Å²) in [6.45, 7) is 0.242. The number of rotatable bonds is 4. The maximum Gasteiger partial charge on any atom is 0.417 e. The Kier molecular flexibility index (Phi) is 5.39. The minimum Gasteiger partial charge on any atom is -0.207 e. The van der Waals surface area contributed by atoms with Crippen LogP contribution in [0.25, 0.3) is 0 Å². The second-order valence-corrected chi connectivity index (χ2v) is 8.31. The van der Waals surface area contributed by atoms with Gasteiger partial charge in [0.15, 0.2) is 0 Å². The number of halogens is 3. The summed E-state index contributed by atoms with van der Waals surface area (Å²) < 4.78 is 67.3. The number of piperidine rings is 1. The molecule has 7 heteroatoms. The number of hydrogen-bond donors (Lipinski definition) is 0. The molecule has 0 spiro atoms. The molecule has 0 N–H and O–H groups in total. The lowest BCUT2D eigenvalue weighted by Gasteiger charge is -2.35. The molecule has 2 aromatic rings. The van der Waals surface area contributed by atoms with Crippen LogP contribution < -0.4 is 0 Å². The summed E-state index contributed by atoms with van der Waals surface area (Å²) in [4.78, 5) is -0.660. The van der Waals surface area contributed by atoms with E-state index in [0.717, 1.165) is 24.1 Å². The van der Waals surface area contributed by atoms with Crippen molar-refractivity contribution in [2.75, 3.05) is 6.54 Å². The number of sulfonamides is 1. The normalized spacial score (nSPS) is 19.4. The molecule has 1 aliphatic heterocycles. The van der Waals surface area contributed by atoms with Crippen LogP contribution in [0, 0.1) is 0 Å². The highest BCUT2D eigenvalue weighted by Gasteiger charge is 2.41. The Morgan fingerprint density at radius 2 is 1.62 bits per heavy atom. The summed E-state index contributed by atoms with van der Waals surface area (Å²) in [5.41, 5.74) is -0.132. The average molecular weight is 383 g/mol. The maximum atomic E-state index is 13.3. The first kappa shape index (κ1) is 18.9. The van der Waals surface area contributed by atoms with Gasteiger partial charge in [0.1, 0.15) is 0 Å². The molecule has 0 radical (unpaired) electrons. The van der Waals surface area contributed by atoms with Crippen LogP contribution >= 0.6 is 0 Å². The predicted octanol–water partition coefficient (Wildman–Crippen LogP) is 4.49. The molecule has 3 nitrogen and oxygen atoms in total. The van der Waals surface area contributed by atoms with E-state index in [1.807, 2.05) is 30.3 Å². The van der Waals surface area contributed by atoms with Gasteiger partial charge in [-0.1, -0.05) is 48.9 Å². The molecule has 0 aliphatic carbocycles. The highest BCUT2D eigenvalue weighted by atomic mass is 32.2. The number of benzene rings is 2. The summed E-state index contributed by atoms with van der Waals surface area (Å²) >= 11 is 0. The molecule has 2 aromatic carbocycles. The molecule has 1 aliphatic rings. The van der Waals surface area contributed by atoms with Gasteiger partial charge in [-0.05, 0) is 37.0 Å². The fourth-order valence-corrected chi connectivity index (χ4v) is 5.34. The smallest absolute Gasteiger partial charge is 0.207 e. The Bertz CT molecular complexity index is 851. The first-order valence-corrected chi connectivity index (χ1v) is 9.96. The first-order chi connectivity index (χ1) is 12.3. The van der Waals surface area contributed by atoms with E-state index < -0.39 is 26.7 Å². The summed E-state index contributed by atoms with van der Waals surface area (Å²) in [5.74, 6) is 0. The van der Waals surface area contributed by atoms with E-state index in [1.54, 1.807) is 0 Å². The van der Waals surface area contributed by atoms with Crippen molar-refractivity contribution in [3.63, 3.8) is 0 Å². The average Bonchev–Trinajstić information content (AvgIpc) is 2.62. The quantitative estimate of drug-likeness (QED) is 0.780. The van der Waals surface area contributed by atoms with Crippen LogP contribution in [0.5, 0.6) is 0 Å². The molecule has 1 atom stereocenters. The van der Waals surface area contributed by atoms with Crippen molar-refractivity contribution in [3.05, 3.63) is 65.7 Å². The van der Waals surface area contributed by atoms with E-state index in [-0.39, 0.29) is 12.6 Å². The molecule has 1 saturated heterocycles. The molecule has 0 amide bonds. The Morgan fingerprint density at radius 3 is 2.31 bits per heavy atom. The fourth-order valence-electron chi connectivity index (χ4n) is 3.43. The molecule has 1 heterocycles. The first-order valence-electron chi connectivity index (χ1n) is 8.52. The lowest BCUT2D eigenvalue weighted by Crippen LogP contribution is -2.45. The highest BCUT2D eigenvalue weighted by Crippen LogP contribution is 2.37. The third kappa shape index (κ3) is 3.94. The number of hydrogen-bond acceptors (Lipinski definition) is 2.